The number of aromatic amines is 1. The van der Waals surface area contributed by atoms with Crippen molar-refractivity contribution in [1.82, 2.24) is 9.55 Å². The molecule has 0 spiro atoms. The van der Waals surface area contributed by atoms with Crippen LogP contribution >= 0.6 is 0 Å². The zero-order valence-electron chi connectivity index (χ0n) is 17.3. The number of nitrogens with one attached hydrogen (secondary N) is 1. The van der Waals surface area contributed by atoms with Crippen molar-refractivity contribution >= 4 is 32.3 Å². The van der Waals surface area contributed by atoms with Crippen molar-refractivity contribution in [3.8, 4) is 5.75 Å². The molecule has 1 aliphatic heterocycles. The molecule has 0 radical (unpaired) electrons. The lowest BCUT2D eigenvalue weighted by molar-refractivity contribution is -0.0522. The van der Waals surface area contributed by atoms with Gasteiger partial charge < -0.3 is 19.7 Å². The SMILES string of the molecule is O=c1ccn([C@H]2O[C@@H](CO)C(O)C2Oc2ccc3ccc4cccc5ccc2c3c45)c(=O)[nH]1. The highest BCUT2D eigenvalue weighted by Crippen LogP contribution is 2.40. The van der Waals surface area contributed by atoms with Crippen LogP contribution in [0.15, 0.2) is 76.4 Å². The molecular formula is C25H20N2O6. The molecule has 0 aliphatic carbocycles. The van der Waals surface area contributed by atoms with E-state index in [1.165, 1.54) is 12.3 Å². The Morgan fingerprint density at radius 3 is 2.36 bits per heavy atom. The summed E-state index contributed by atoms with van der Waals surface area (Å²) >= 11 is 0. The van der Waals surface area contributed by atoms with Gasteiger partial charge in [-0.3, -0.25) is 14.3 Å². The van der Waals surface area contributed by atoms with E-state index in [1.807, 2.05) is 30.3 Å². The third-order valence-corrected chi connectivity index (χ3v) is 6.37. The van der Waals surface area contributed by atoms with Crippen molar-refractivity contribution in [2.24, 2.45) is 0 Å². The third-order valence-electron chi connectivity index (χ3n) is 6.37. The lowest BCUT2D eigenvalue weighted by atomic mass is 9.94. The molecule has 6 rings (SSSR count). The molecule has 3 N–H and O–H groups in total. The number of aromatic nitrogens is 2. The molecule has 4 atom stereocenters. The number of hydrogen-bond acceptors (Lipinski definition) is 6. The minimum atomic E-state index is -1.20. The summed E-state index contributed by atoms with van der Waals surface area (Å²) in [6, 6.07) is 19.3. The van der Waals surface area contributed by atoms with E-state index >= 15 is 0 Å². The molecular weight excluding hydrogens is 424 g/mol. The number of rotatable bonds is 4. The first kappa shape index (κ1) is 19.9. The van der Waals surface area contributed by atoms with Gasteiger partial charge in [-0.1, -0.05) is 42.5 Å². The van der Waals surface area contributed by atoms with E-state index in [0.29, 0.717) is 5.75 Å². The summed E-state index contributed by atoms with van der Waals surface area (Å²) in [7, 11) is 0. The average molecular weight is 444 g/mol. The van der Waals surface area contributed by atoms with Gasteiger partial charge in [-0.2, -0.15) is 0 Å². The Morgan fingerprint density at radius 2 is 1.64 bits per heavy atom. The predicted octanol–water partition coefficient (Wildman–Crippen LogP) is 2.13. The zero-order valence-corrected chi connectivity index (χ0v) is 17.3. The van der Waals surface area contributed by atoms with Gasteiger partial charge in [-0.25, -0.2) is 4.79 Å². The quantitative estimate of drug-likeness (QED) is 0.366. The Balaban J connectivity index is 1.49. The highest BCUT2D eigenvalue weighted by atomic mass is 16.6. The summed E-state index contributed by atoms with van der Waals surface area (Å²) in [6.45, 7) is -0.450. The maximum Gasteiger partial charge on any atom is 0.330 e. The molecule has 8 heteroatoms. The third kappa shape index (κ3) is 3.03. The first-order valence-electron chi connectivity index (χ1n) is 10.6. The molecule has 1 saturated heterocycles. The molecule has 2 unspecified atom stereocenters. The number of aliphatic hydroxyl groups is 2. The highest BCUT2D eigenvalue weighted by Gasteiger charge is 2.46. The Labute approximate surface area is 186 Å². The fourth-order valence-electron chi connectivity index (χ4n) is 4.81. The number of hydrogen-bond donors (Lipinski definition) is 3. The van der Waals surface area contributed by atoms with Gasteiger partial charge in [0, 0.05) is 23.0 Å². The fraction of sp³-hybridized carbons (Fsp3) is 0.200. The Morgan fingerprint density at radius 1 is 0.939 bits per heavy atom. The fourth-order valence-corrected chi connectivity index (χ4v) is 4.81. The molecule has 0 amide bonds. The van der Waals surface area contributed by atoms with Crippen molar-refractivity contribution < 1.29 is 19.7 Å². The van der Waals surface area contributed by atoms with E-state index in [0.717, 1.165) is 36.9 Å². The molecule has 166 valence electrons. The summed E-state index contributed by atoms with van der Waals surface area (Å²) in [4.78, 5) is 26.1. The van der Waals surface area contributed by atoms with Crippen molar-refractivity contribution in [3.63, 3.8) is 0 Å². The topological polar surface area (TPSA) is 114 Å². The summed E-state index contributed by atoms with van der Waals surface area (Å²) in [6.07, 6.45) is -2.89. The molecule has 0 bridgehead atoms. The zero-order chi connectivity index (χ0) is 22.7. The first-order chi connectivity index (χ1) is 16.0. The maximum atomic E-state index is 12.4. The summed E-state index contributed by atoms with van der Waals surface area (Å²) < 4.78 is 13.2. The standard InChI is InChI=1S/C25H20N2O6/c28-12-18-22(30)23(24(33-18)27-11-10-19(29)26-25(27)31)32-17-9-7-15-5-4-13-2-1-3-14-6-8-16(17)21(15)20(13)14/h1-11,18,22-24,28,30H,12H2,(H,26,29,31)/t18-,22?,23?,24-/m0/s1. The van der Waals surface area contributed by atoms with Crippen LogP contribution in [0.2, 0.25) is 0 Å². The largest absolute Gasteiger partial charge is 0.482 e. The van der Waals surface area contributed by atoms with Crippen molar-refractivity contribution in [2.45, 2.75) is 24.5 Å². The van der Waals surface area contributed by atoms with Gasteiger partial charge in [-0.15, -0.1) is 0 Å². The van der Waals surface area contributed by atoms with Crippen LogP contribution in [0.1, 0.15) is 6.23 Å². The smallest absolute Gasteiger partial charge is 0.330 e. The minimum absolute atomic E-state index is 0.450. The molecule has 0 saturated carbocycles. The molecule has 2 heterocycles. The molecule has 1 aromatic heterocycles. The second-order valence-electron chi connectivity index (χ2n) is 8.26. The van der Waals surface area contributed by atoms with Crippen LogP contribution in [-0.4, -0.2) is 44.7 Å². The lowest BCUT2D eigenvalue weighted by Gasteiger charge is -2.24. The van der Waals surface area contributed by atoms with Gasteiger partial charge in [0.2, 0.25) is 0 Å². The van der Waals surface area contributed by atoms with Gasteiger partial charge in [0.05, 0.1) is 6.61 Å². The number of aliphatic hydroxyl groups excluding tert-OH is 2. The van der Waals surface area contributed by atoms with Gasteiger partial charge in [0.25, 0.3) is 5.56 Å². The van der Waals surface area contributed by atoms with Crippen LogP contribution in [0.5, 0.6) is 5.75 Å². The van der Waals surface area contributed by atoms with E-state index in [1.54, 1.807) is 0 Å². The van der Waals surface area contributed by atoms with Crippen molar-refractivity contribution in [3.05, 3.63) is 87.7 Å². The normalized spacial score (nSPS) is 23.1. The van der Waals surface area contributed by atoms with Crippen molar-refractivity contribution in [1.29, 1.82) is 0 Å². The number of benzene rings is 4. The number of nitrogens with zero attached hydrogens (tertiary/aromatic N) is 1. The highest BCUT2D eigenvalue weighted by molar-refractivity contribution is 6.24. The Hall–Kier alpha value is -3.72. The van der Waals surface area contributed by atoms with E-state index in [-0.39, 0.29) is 0 Å². The molecule has 1 aliphatic rings. The summed E-state index contributed by atoms with van der Waals surface area (Å²) in [5.74, 6) is 0.523. The first-order valence-corrected chi connectivity index (χ1v) is 10.6. The van der Waals surface area contributed by atoms with Crippen molar-refractivity contribution in [2.75, 3.05) is 6.61 Å². The molecule has 5 aromatic rings. The number of H-pyrrole nitrogens is 1. The van der Waals surface area contributed by atoms with E-state index in [4.69, 9.17) is 9.47 Å². The Bertz CT molecular complexity index is 1590. The second-order valence-corrected chi connectivity index (χ2v) is 8.26. The van der Waals surface area contributed by atoms with Gasteiger partial charge in [0.1, 0.15) is 18.0 Å². The summed E-state index contributed by atoms with van der Waals surface area (Å²) in [5, 5.41) is 26.8. The summed E-state index contributed by atoms with van der Waals surface area (Å²) in [5.41, 5.74) is -1.24. The maximum absolute atomic E-state index is 12.4. The van der Waals surface area contributed by atoms with E-state index in [9.17, 15) is 19.8 Å². The van der Waals surface area contributed by atoms with E-state index in [2.05, 4.69) is 29.2 Å². The van der Waals surface area contributed by atoms with Gasteiger partial charge in [0.15, 0.2) is 12.3 Å². The van der Waals surface area contributed by atoms with Crippen LogP contribution < -0.4 is 16.0 Å². The monoisotopic (exact) mass is 444 g/mol. The van der Waals surface area contributed by atoms with E-state index < -0.39 is 42.4 Å². The van der Waals surface area contributed by atoms with Gasteiger partial charge in [-0.05, 0) is 33.7 Å². The minimum Gasteiger partial charge on any atom is -0.482 e. The predicted molar refractivity (Wildman–Crippen MR) is 123 cm³/mol. The number of ether oxygens (including phenoxy) is 2. The van der Waals surface area contributed by atoms with Crippen LogP contribution in [0.4, 0.5) is 0 Å². The Kier molecular flexibility index (Phi) is 4.48. The van der Waals surface area contributed by atoms with Crippen LogP contribution in [0, 0.1) is 0 Å². The molecule has 4 aromatic carbocycles. The van der Waals surface area contributed by atoms with Crippen LogP contribution in [0.25, 0.3) is 32.3 Å². The lowest BCUT2D eigenvalue weighted by Crippen LogP contribution is -2.41. The molecule has 8 nitrogen and oxygen atoms in total. The molecule has 33 heavy (non-hydrogen) atoms. The van der Waals surface area contributed by atoms with Crippen LogP contribution in [0.3, 0.4) is 0 Å². The van der Waals surface area contributed by atoms with Crippen LogP contribution in [-0.2, 0) is 4.74 Å². The molecule has 1 fully saturated rings. The second kappa shape index (κ2) is 7.41. The average Bonchev–Trinajstić information content (AvgIpc) is 3.13. The van der Waals surface area contributed by atoms with Gasteiger partial charge >= 0.3 is 5.69 Å².